The van der Waals surface area contributed by atoms with Crippen molar-refractivity contribution in [2.24, 2.45) is 17.6 Å². The summed E-state index contributed by atoms with van der Waals surface area (Å²) in [5, 5.41) is 0. The number of aryl methyl sites for hydroxylation is 1. The molecule has 0 aromatic carbocycles. The van der Waals surface area contributed by atoms with Gasteiger partial charge in [0.1, 0.15) is 5.76 Å². The summed E-state index contributed by atoms with van der Waals surface area (Å²) in [6.07, 6.45) is 7.27. The van der Waals surface area contributed by atoms with Crippen LogP contribution in [0.4, 0.5) is 0 Å². The molecule has 0 radical (unpaired) electrons. The van der Waals surface area contributed by atoms with Crippen molar-refractivity contribution in [2.75, 3.05) is 13.6 Å². The third-order valence-corrected chi connectivity index (χ3v) is 5.43. The molecule has 3 unspecified atom stereocenters. The van der Waals surface area contributed by atoms with Gasteiger partial charge in [0, 0.05) is 24.2 Å². The summed E-state index contributed by atoms with van der Waals surface area (Å²) in [6.45, 7) is 3.80. The quantitative estimate of drug-likeness (QED) is 0.890. The van der Waals surface area contributed by atoms with Crippen LogP contribution in [0.3, 0.4) is 0 Å². The fourth-order valence-corrected chi connectivity index (χ4v) is 4.28. The summed E-state index contributed by atoms with van der Waals surface area (Å²) < 4.78 is 5.40. The molecule has 2 saturated carbocycles. The van der Waals surface area contributed by atoms with Gasteiger partial charge < -0.3 is 10.2 Å². The number of rotatable bonds is 4. The number of fused-ring (bicyclic) bond motifs is 2. The van der Waals surface area contributed by atoms with Gasteiger partial charge in [0.25, 0.3) is 0 Å². The van der Waals surface area contributed by atoms with E-state index in [0.29, 0.717) is 0 Å². The average molecular weight is 248 g/mol. The molecule has 2 N–H and O–H groups in total. The number of hydrogen-bond donors (Lipinski definition) is 1. The summed E-state index contributed by atoms with van der Waals surface area (Å²) in [6, 6.07) is 2.09. The van der Waals surface area contributed by atoms with Crippen LogP contribution >= 0.6 is 0 Å². The summed E-state index contributed by atoms with van der Waals surface area (Å²) >= 11 is 0. The third kappa shape index (κ3) is 1.72. The molecule has 3 nitrogen and oxygen atoms in total. The summed E-state index contributed by atoms with van der Waals surface area (Å²) in [4.78, 5) is 2.49. The first-order valence-electron chi connectivity index (χ1n) is 7.10. The van der Waals surface area contributed by atoms with E-state index in [0.717, 1.165) is 30.7 Å². The molecule has 0 aliphatic heterocycles. The molecule has 1 aromatic heterocycles. The van der Waals surface area contributed by atoms with Crippen LogP contribution in [0.1, 0.15) is 37.0 Å². The van der Waals surface area contributed by atoms with Gasteiger partial charge in [-0.15, -0.1) is 0 Å². The third-order valence-electron chi connectivity index (χ3n) is 5.43. The van der Waals surface area contributed by atoms with E-state index >= 15 is 0 Å². The second kappa shape index (κ2) is 4.39. The minimum atomic E-state index is 0.243. The van der Waals surface area contributed by atoms with Gasteiger partial charge in [-0.3, -0.25) is 4.90 Å². The highest BCUT2D eigenvalue weighted by molar-refractivity contribution is 5.17. The van der Waals surface area contributed by atoms with Gasteiger partial charge in [0.2, 0.25) is 0 Å². The van der Waals surface area contributed by atoms with Crippen LogP contribution in [0.2, 0.25) is 0 Å². The van der Waals surface area contributed by atoms with Crippen molar-refractivity contribution in [3.8, 4) is 0 Å². The maximum absolute atomic E-state index is 6.16. The maximum atomic E-state index is 6.16. The van der Waals surface area contributed by atoms with Gasteiger partial charge in [-0.25, -0.2) is 0 Å². The monoisotopic (exact) mass is 248 g/mol. The summed E-state index contributed by atoms with van der Waals surface area (Å²) in [5.41, 5.74) is 7.70. The zero-order valence-electron chi connectivity index (χ0n) is 11.5. The number of furan rings is 1. The van der Waals surface area contributed by atoms with Gasteiger partial charge in [0.15, 0.2) is 0 Å². The maximum Gasteiger partial charge on any atom is 0.105 e. The van der Waals surface area contributed by atoms with Crippen LogP contribution in [0.5, 0.6) is 0 Å². The van der Waals surface area contributed by atoms with E-state index in [2.05, 4.69) is 18.0 Å². The topological polar surface area (TPSA) is 42.4 Å². The molecule has 3 atom stereocenters. The number of likely N-dealkylation sites (N-methyl/N-ethyl adjacent to an activating group) is 1. The van der Waals surface area contributed by atoms with Crippen LogP contribution in [-0.2, 0) is 6.54 Å². The van der Waals surface area contributed by atoms with Crippen molar-refractivity contribution in [3.63, 3.8) is 0 Å². The van der Waals surface area contributed by atoms with E-state index in [1.54, 1.807) is 6.26 Å². The molecule has 0 saturated heterocycles. The van der Waals surface area contributed by atoms with E-state index in [-0.39, 0.29) is 5.54 Å². The Bertz CT molecular complexity index is 428. The van der Waals surface area contributed by atoms with Crippen molar-refractivity contribution < 1.29 is 4.42 Å². The highest BCUT2D eigenvalue weighted by Gasteiger charge is 2.52. The number of hydrogen-bond acceptors (Lipinski definition) is 3. The Hall–Kier alpha value is -0.800. The predicted molar refractivity (Wildman–Crippen MR) is 72.1 cm³/mol. The second-order valence-corrected chi connectivity index (χ2v) is 6.25. The zero-order valence-corrected chi connectivity index (χ0v) is 11.5. The molecule has 100 valence electrons. The molecule has 3 rings (SSSR count). The Labute approximate surface area is 109 Å². The molecule has 2 aliphatic rings. The Morgan fingerprint density at radius 1 is 1.50 bits per heavy atom. The fourth-order valence-electron chi connectivity index (χ4n) is 4.28. The molecular formula is C15H24N2O. The van der Waals surface area contributed by atoms with Gasteiger partial charge >= 0.3 is 0 Å². The van der Waals surface area contributed by atoms with Crippen molar-refractivity contribution >= 4 is 0 Å². The molecule has 18 heavy (non-hydrogen) atoms. The van der Waals surface area contributed by atoms with Gasteiger partial charge in [0.05, 0.1) is 6.26 Å². The molecule has 2 aliphatic carbocycles. The van der Waals surface area contributed by atoms with Gasteiger partial charge in [-0.2, -0.15) is 0 Å². The second-order valence-electron chi connectivity index (χ2n) is 6.25. The summed E-state index contributed by atoms with van der Waals surface area (Å²) in [5.74, 6) is 2.77. The fraction of sp³-hybridized carbons (Fsp3) is 0.733. The first kappa shape index (κ1) is 12.2. The van der Waals surface area contributed by atoms with Gasteiger partial charge in [-0.05, 0) is 51.1 Å². The van der Waals surface area contributed by atoms with Crippen molar-refractivity contribution in [1.29, 1.82) is 0 Å². The smallest absolute Gasteiger partial charge is 0.105 e. The van der Waals surface area contributed by atoms with Crippen LogP contribution in [0.25, 0.3) is 0 Å². The van der Waals surface area contributed by atoms with Crippen LogP contribution in [-0.4, -0.2) is 24.0 Å². The molecule has 3 heteroatoms. The molecule has 2 bridgehead atoms. The number of nitrogens with zero attached hydrogens (tertiary/aromatic N) is 1. The molecule has 2 fully saturated rings. The molecule has 1 heterocycles. The Morgan fingerprint density at radius 2 is 2.33 bits per heavy atom. The first-order chi connectivity index (χ1) is 8.65. The number of nitrogens with two attached hydrogens (primary N) is 1. The van der Waals surface area contributed by atoms with E-state index < -0.39 is 0 Å². The first-order valence-corrected chi connectivity index (χ1v) is 7.10. The van der Waals surface area contributed by atoms with Crippen molar-refractivity contribution in [2.45, 2.75) is 44.7 Å². The lowest BCUT2D eigenvalue weighted by Crippen LogP contribution is -2.55. The predicted octanol–water partition coefficient (Wildman–Crippen LogP) is 2.54. The highest BCUT2D eigenvalue weighted by Crippen LogP contribution is 2.52. The van der Waals surface area contributed by atoms with Crippen molar-refractivity contribution in [1.82, 2.24) is 4.90 Å². The molecule has 1 aromatic rings. The van der Waals surface area contributed by atoms with E-state index in [4.69, 9.17) is 10.2 Å². The highest BCUT2D eigenvalue weighted by atomic mass is 16.3. The Morgan fingerprint density at radius 3 is 2.83 bits per heavy atom. The standard InChI is InChI=1S/C15H24N2O/c1-11-13(5-6-18-11)9-17(2)15(10-16)8-12-3-4-14(15)7-12/h5-6,12,14H,3-4,7-10,16H2,1-2H3. The lowest BCUT2D eigenvalue weighted by Gasteiger charge is -2.44. The SMILES string of the molecule is Cc1occc1CN(C)C1(CN)CC2CCC1C2. The van der Waals surface area contributed by atoms with Crippen molar-refractivity contribution in [3.05, 3.63) is 23.7 Å². The average Bonchev–Trinajstić information content (AvgIpc) is 3.05. The molecule has 0 amide bonds. The van der Waals surface area contributed by atoms with E-state index in [1.807, 2.05) is 6.92 Å². The van der Waals surface area contributed by atoms with Crippen LogP contribution in [0.15, 0.2) is 16.7 Å². The molecule has 0 spiro atoms. The lowest BCUT2D eigenvalue weighted by molar-refractivity contribution is 0.0588. The summed E-state index contributed by atoms with van der Waals surface area (Å²) in [7, 11) is 2.24. The van der Waals surface area contributed by atoms with Crippen LogP contribution < -0.4 is 5.73 Å². The zero-order chi connectivity index (χ0) is 12.8. The normalized spacial score (nSPS) is 34.7. The van der Waals surface area contributed by atoms with E-state index in [1.165, 1.54) is 31.2 Å². The molecular weight excluding hydrogens is 224 g/mol. The minimum absolute atomic E-state index is 0.243. The lowest BCUT2D eigenvalue weighted by atomic mass is 9.79. The Kier molecular flexibility index (Phi) is 2.99. The van der Waals surface area contributed by atoms with E-state index in [9.17, 15) is 0 Å². The van der Waals surface area contributed by atoms with Crippen LogP contribution in [0, 0.1) is 18.8 Å². The minimum Gasteiger partial charge on any atom is -0.469 e. The Balaban J connectivity index is 1.78. The van der Waals surface area contributed by atoms with Gasteiger partial charge in [-0.1, -0.05) is 6.42 Å². The largest absolute Gasteiger partial charge is 0.469 e.